The minimum atomic E-state index is -0.360. The normalized spacial score (nSPS) is 11.0. The lowest BCUT2D eigenvalue weighted by atomic mass is 10.0. The van der Waals surface area contributed by atoms with Crippen LogP contribution in [-0.4, -0.2) is 32.0 Å². The summed E-state index contributed by atoms with van der Waals surface area (Å²) in [6.07, 6.45) is 0. The first-order valence-electron chi connectivity index (χ1n) is 6.38. The van der Waals surface area contributed by atoms with Gasteiger partial charge in [-0.3, -0.25) is 9.59 Å². The van der Waals surface area contributed by atoms with Crippen molar-refractivity contribution in [1.82, 2.24) is 10.6 Å². The molecule has 0 aromatic heterocycles. The first kappa shape index (κ1) is 19.2. The number of carbonyl (C=O) groups is 2. The summed E-state index contributed by atoms with van der Waals surface area (Å²) in [6, 6.07) is 5.55. The van der Waals surface area contributed by atoms with Crippen LogP contribution >= 0.6 is 12.4 Å². The predicted molar refractivity (Wildman–Crippen MR) is 83.6 cm³/mol. The van der Waals surface area contributed by atoms with Crippen molar-refractivity contribution < 1.29 is 14.3 Å². The van der Waals surface area contributed by atoms with Crippen molar-refractivity contribution in [2.75, 3.05) is 20.2 Å². The number of aryl methyl sites for hydroxylation is 1. The molecule has 0 aliphatic carbocycles. The second-order valence-electron chi connectivity index (χ2n) is 4.52. The van der Waals surface area contributed by atoms with Gasteiger partial charge in [0.1, 0.15) is 5.75 Å². The number of carbonyl (C=O) groups excluding carboxylic acids is 2. The van der Waals surface area contributed by atoms with E-state index in [4.69, 9.17) is 10.5 Å². The summed E-state index contributed by atoms with van der Waals surface area (Å²) in [7, 11) is 1.59. The lowest BCUT2D eigenvalue weighted by Gasteiger charge is -2.18. The number of nitrogens with two attached hydrogens (primary N) is 1. The van der Waals surface area contributed by atoms with E-state index < -0.39 is 0 Å². The van der Waals surface area contributed by atoms with Gasteiger partial charge in [-0.2, -0.15) is 0 Å². The van der Waals surface area contributed by atoms with Crippen LogP contribution < -0.4 is 21.1 Å². The number of methoxy groups -OCH3 is 1. The van der Waals surface area contributed by atoms with Gasteiger partial charge in [-0.05, 0) is 19.9 Å². The van der Waals surface area contributed by atoms with Crippen molar-refractivity contribution in [3.05, 3.63) is 29.3 Å². The molecular formula is C14H22ClN3O3. The van der Waals surface area contributed by atoms with Crippen LogP contribution in [0.2, 0.25) is 0 Å². The van der Waals surface area contributed by atoms with Gasteiger partial charge in [-0.15, -0.1) is 12.4 Å². The third-order valence-electron chi connectivity index (χ3n) is 2.86. The number of ether oxygens (including phenoxy) is 1. The highest BCUT2D eigenvalue weighted by Gasteiger charge is 2.14. The molecule has 0 fully saturated rings. The molecule has 7 heteroatoms. The number of amides is 2. The average molecular weight is 316 g/mol. The van der Waals surface area contributed by atoms with Crippen LogP contribution in [0.5, 0.6) is 5.75 Å². The van der Waals surface area contributed by atoms with E-state index in [2.05, 4.69) is 10.6 Å². The molecule has 1 rings (SSSR count). The van der Waals surface area contributed by atoms with Gasteiger partial charge in [0.2, 0.25) is 11.8 Å². The Morgan fingerprint density at radius 3 is 2.57 bits per heavy atom. The Morgan fingerprint density at radius 1 is 1.33 bits per heavy atom. The van der Waals surface area contributed by atoms with Crippen molar-refractivity contribution in [3.8, 4) is 5.75 Å². The summed E-state index contributed by atoms with van der Waals surface area (Å²) in [4.78, 5) is 22.7. The summed E-state index contributed by atoms with van der Waals surface area (Å²) in [5.41, 5.74) is 7.12. The summed E-state index contributed by atoms with van der Waals surface area (Å²) in [5, 5.41) is 5.22. The summed E-state index contributed by atoms with van der Waals surface area (Å²) in [6.45, 7) is 3.61. The molecule has 2 amide bonds. The van der Waals surface area contributed by atoms with Crippen LogP contribution in [0.1, 0.15) is 24.1 Å². The SMILES string of the molecule is COc1ccc(C)cc1C(C)NC(=O)CNC(=O)CN.Cl. The molecule has 1 aromatic rings. The van der Waals surface area contributed by atoms with Gasteiger partial charge >= 0.3 is 0 Å². The highest BCUT2D eigenvalue weighted by Crippen LogP contribution is 2.25. The van der Waals surface area contributed by atoms with E-state index in [1.165, 1.54) is 0 Å². The van der Waals surface area contributed by atoms with Crippen LogP contribution in [0.4, 0.5) is 0 Å². The highest BCUT2D eigenvalue weighted by atomic mass is 35.5. The quantitative estimate of drug-likeness (QED) is 0.719. The van der Waals surface area contributed by atoms with E-state index >= 15 is 0 Å². The maximum atomic E-state index is 11.7. The van der Waals surface area contributed by atoms with Crippen molar-refractivity contribution in [2.24, 2.45) is 5.73 Å². The Morgan fingerprint density at radius 2 is 2.00 bits per heavy atom. The van der Waals surface area contributed by atoms with E-state index in [0.29, 0.717) is 0 Å². The van der Waals surface area contributed by atoms with Gasteiger partial charge in [0.25, 0.3) is 0 Å². The molecule has 0 bridgehead atoms. The summed E-state index contributed by atoms with van der Waals surface area (Å²) < 4.78 is 5.28. The molecule has 1 aromatic carbocycles. The number of rotatable bonds is 6. The topological polar surface area (TPSA) is 93.5 Å². The molecule has 6 nitrogen and oxygen atoms in total. The molecule has 0 aliphatic heterocycles. The molecule has 0 radical (unpaired) electrons. The maximum Gasteiger partial charge on any atom is 0.239 e. The number of hydrogen-bond acceptors (Lipinski definition) is 4. The zero-order valence-corrected chi connectivity index (χ0v) is 13.3. The number of nitrogens with one attached hydrogen (secondary N) is 2. The second kappa shape index (κ2) is 9.20. The van der Waals surface area contributed by atoms with Crippen molar-refractivity contribution >= 4 is 24.2 Å². The van der Waals surface area contributed by atoms with Crippen LogP contribution in [-0.2, 0) is 9.59 Å². The lowest BCUT2D eigenvalue weighted by molar-refractivity contribution is -0.125. The first-order chi connectivity index (χ1) is 9.47. The maximum absolute atomic E-state index is 11.7. The van der Waals surface area contributed by atoms with Gasteiger partial charge in [0.05, 0.1) is 26.2 Å². The van der Waals surface area contributed by atoms with Crippen molar-refractivity contribution in [3.63, 3.8) is 0 Å². The lowest BCUT2D eigenvalue weighted by Crippen LogP contribution is -2.40. The Labute approximate surface area is 130 Å². The Kier molecular flexibility index (Phi) is 8.42. The predicted octanol–water partition coefficient (Wildman–Crippen LogP) is 0.678. The molecular weight excluding hydrogens is 294 g/mol. The van der Waals surface area contributed by atoms with Crippen molar-refractivity contribution in [1.29, 1.82) is 0 Å². The van der Waals surface area contributed by atoms with Crippen LogP contribution in [0.15, 0.2) is 18.2 Å². The molecule has 0 saturated heterocycles. The summed E-state index contributed by atoms with van der Waals surface area (Å²) >= 11 is 0. The third kappa shape index (κ3) is 6.01. The molecule has 0 saturated carbocycles. The average Bonchev–Trinajstić information content (AvgIpc) is 2.44. The second-order valence-corrected chi connectivity index (χ2v) is 4.52. The van der Waals surface area contributed by atoms with Crippen molar-refractivity contribution in [2.45, 2.75) is 19.9 Å². The molecule has 0 aliphatic rings. The standard InChI is InChI=1S/C14H21N3O3.ClH/c1-9-4-5-12(20-3)11(6-9)10(2)17-14(19)8-16-13(18)7-15;/h4-6,10H,7-8,15H2,1-3H3,(H,16,18)(H,17,19);1H. The molecule has 0 spiro atoms. The van der Waals surface area contributed by atoms with Crippen LogP contribution in [0.25, 0.3) is 0 Å². The highest BCUT2D eigenvalue weighted by molar-refractivity contribution is 5.86. The minimum absolute atomic E-state index is 0. The molecule has 21 heavy (non-hydrogen) atoms. The van der Waals surface area contributed by atoms with Gasteiger partial charge in [0.15, 0.2) is 0 Å². The zero-order valence-electron chi connectivity index (χ0n) is 12.4. The van der Waals surface area contributed by atoms with E-state index in [0.717, 1.165) is 16.9 Å². The molecule has 118 valence electrons. The van der Waals surface area contributed by atoms with E-state index in [-0.39, 0.29) is 43.4 Å². The van der Waals surface area contributed by atoms with Crippen LogP contribution in [0.3, 0.4) is 0 Å². The molecule has 0 heterocycles. The first-order valence-corrected chi connectivity index (χ1v) is 6.38. The van der Waals surface area contributed by atoms with E-state index in [1.807, 2.05) is 32.0 Å². The summed E-state index contributed by atoms with van der Waals surface area (Å²) in [5.74, 6) is 0.0817. The van der Waals surface area contributed by atoms with Gasteiger partial charge < -0.3 is 21.1 Å². The van der Waals surface area contributed by atoms with E-state index in [9.17, 15) is 9.59 Å². The molecule has 1 unspecified atom stereocenters. The fraction of sp³-hybridized carbons (Fsp3) is 0.429. The Balaban J connectivity index is 0.00000400. The van der Waals surface area contributed by atoms with E-state index in [1.54, 1.807) is 7.11 Å². The largest absolute Gasteiger partial charge is 0.496 e. The zero-order chi connectivity index (χ0) is 15.1. The minimum Gasteiger partial charge on any atom is -0.496 e. The number of benzene rings is 1. The van der Waals surface area contributed by atoms with Gasteiger partial charge in [-0.25, -0.2) is 0 Å². The fourth-order valence-corrected chi connectivity index (χ4v) is 1.81. The van der Waals surface area contributed by atoms with Crippen LogP contribution in [0, 0.1) is 6.92 Å². The van der Waals surface area contributed by atoms with Gasteiger partial charge in [0, 0.05) is 5.56 Å². The van der Waals surface area contributed by atoms with Gasteiger partial charge in [-0.1, -0.05) is 17.7 Å². The molecule has 1 atom stereocenters. The molecule has 4 N–H and O–H groups in total. The third-order valence-corrected chi connectivity index (χ3v) is 2.86. The number of hydrogen-bond donors (Lipinski definition) is 3. The monoisotopic (exact) mass is 315 g/mol. The Hall–Kier alpha value is -1.79. The fourth-order valence-electron chi connectivity index (χ4n) is 1.81. The Bertz CT molecular complexity index is 494. The smallest absolute Gasteiger partial charge is 0.239 e. The number of halogens is 1.